The van der Waals surface area contributed by atoms with E-state index in [9.17, 15) is 4.79 Å². The quantitative estimate of drug-likeness (QED) is 0.853. The van der Waals surface area contributed by atoms with Gasteiger partial charge in [0.2, 0.25) is 0 Å². The van der Waals surface area contributed by atoms with E-state index in [1.807, 2.05) is 61.5 Å². The van der Waals surface area contributed by atoms with Gasteiger partial charge in [0, 0.05) is 12.6 Å². The molecule has 2 unspecified atom stereocenters. The lowest BCUT2D eigenvalue weighted by atomic mass is 10.1. The summed E-state index contributed by atoms with van der Waals surface area (Å²) in [5, 5.41) is 2.83. The second kappa shape index (κ2) is 9.18. The van der Waals surface area contributed by atoms with E-state index in [2.05, 4.69) is 5.32 Å². The molecule has 0 heterocycles. The molecule has 0 aromatic heterocycles. The molecule has 0 saturated heterocycles. The second-order valence-corrected chi connectivity index (χ2v) is 5.34. The Morgan fingerprint density at radius 2 is 1.87 bits per heavy atom. The zero-order chi connectivity index (χ0) is 15.9. The number of ether oxygens (including phenoxy) is 1. The molecule has 0 aliphatic rings. The fourth-order valence-electron chi connectivity index (χ4n) is 2.12. The molecule has 0 aliphatic carbocycles. The molecule has 0 radical (unpaired) electrons. The molecule has 5 heteroatoms. The van der Waals surface area contributed by atoms with Crippen LogP contribution in [-0.4, -0.2) is 18.6 Å². The molecule has 4 nitrogen and oxygen atoms in total. The summed E-state index contributed by atoms with van der Waals surface area (Å²) in [7, 11) is 0. The summed E-state index contributed by atoms with van der Waals surface area (Å²) < 4.78 is 5.64. The van der Waals surface area contributed by atoms with E-state index in [4.69, 9.17) is 10.5 Å². The van der Waals surface area contributed by atoms with E-state index >= 15 is 0 Å². The smallest absolute Gasteiger partial charge is 0.260 e. The summed E-state index contributed by atoms with van der Waals surface area (Å²) in [5.41, 5.74) is 8.15. The Labute approximate surface area is 143 Å². The third kappa shape index (κ3) is 5.93. The minimum Gasteiger partial charge on any atom is -0.481 e. The van der Waals surface area contributed by atoms with Gasteiger partial charge in [-0.3, -0.25) is 4.79 Å². The van der Waals surface area contributed by atoms with Crippen molar-refractivity contribution in [2.45, 2.75) is 26.0 Å². The van der Waals surface area contributed by atoms with Crippen molar-refractivity contribution in [3.05, 3.63) is 65.7 Å². The Balaban J connectivity index is 0.00000264. The van der Waals surface area contributed by atoms with Crippen LogP contribution < -0.4 is 15.8 Å². The molecular weight excluding hydrogens is 312 g/mol. The first-order valence-corrected chi connectivity index (χ1v) is 7.38. The number of hydrogen-bond donors (Lipinski definition) is 2. The monoisotopic (exact) mass is 334 g/mol. The third-order valence-corrected chi connectivity index (χ3v) is 3.40. The number of carbonyl (C=O) groups excluding carboxylic acids is 1. The molecule has 1 amide bonds. The van der Waals surface area contributed by atoms with E-state index < -0.39 is 6.10 Å². The molecule has 0 fully saturated rings. The maximum Gasteiger partial charge on any atom is 0.260 e. The fourth-order valence-corrected chi connectivity index (χ4v) is 2.12. The van der Waals surface area contributed by atoms with E-state index in [1.165, 1.54) is 0 Å². The van der Waals surface area contributed by atoms with Gasteiger partial charge in [-0.1, -0.05) is 42.5 Å². The predicted molar refractivity (Wildman–Crippen MR) is 94.9 cm³/mol. The van der Waals surface area contributed by atoms with Crippen molar-refractivity contribution in [3.63, 3.8) is 0 Å². The largest absolute Gasteiger partial charge is 0.481 e. The van der Waals surface area contributed by atoms with Gasteiger partial charge in [-0.05, 0) is 37.1 Å². The molecule has 3 N–H and O–H groups in total. The highest BCUT2D eigenvalue weighted by molar-refractivity contribution is 5.85. The van der Waals surface area contributed by atoms with Gasteiger partial charge in [-0.2, -0.15) is 0 Å². The van der Waals surface area contributed by atoms with Crippen LogP contribution in [0, 0.1) is 6.92 Å². The number of nitrogens with one attached hydrogen (secondary N) is 1. The Kier molecular flexibility index (Phi) is 7.59. The maximum absolute atomic E-state index is 12.1. The Bertz CT molecular complexity index is 619. The number of halogens is 1. The Morgan fingerprint density at radius 3 is 2.52 bits per heavy atom. The van der Waals surface area contributed by atoms with E-state index in [1.54, 1.807) is 6.92 Å². The van der Waals surface area contributed by atoms with Crippen molar-refractivity contribution in [1.29, 1.82) is 0 Å². The van der Waals surface area contributed by atoms with E-state index in [0.29, 0.717) is 12.3 Å². The van der Waals surface area contributed by atoms with Crippen LogP contribution in [0.15, 0.2) is 54.6 Å². The third-order valence-electron chi connectivity index (χ3n) is 3.40. The molecule has 2 atom stereocenters. The molecule has 2 aromatic rings. The summed E-state index contributed by atoms with van der Waals surface area (Å²) in [5.74, 6) is 0.517. The number of aryl methyl sites for hydroxylation is 1. The molecule has 23 heavy (non-hydrogen) atoms. The van der Waals surface area contributed by atoms with E-state index in [0.717, 1.165) is 11.1 Å². The van der Waals surface area contributed by atoms with Gasteiger partial charge in [0.05, 0.1) is 0 Å². The first-order chi connectivity index (χ1) is 10.6. The van der Waals surface area contributed by atoms with Crippen molar-refractivity contribution >= 4 is 18.3 Å². The van der Waals surface area contributed by atoms with Gasteiger partial charge in [-0.25, -0.2) is 0 Å². The minimum atomic E-state index is -0.565. The van der Waals surface area contributed by atoms with Crippen LogP contribution in [0.3, 0.4) is 0 Å². The van der Waals surface area contributed by atoms with Gasteiger partial charge in [-0.15, -0.1) is 12.4 Å². The summed E-state index contributed by atoms with van der Waals surface area (Å²) in [6.07, 6.45) is -0.565. The maximum atomic E-state index is 12.1. The van der Waals surface area contributed by atoms with Crippen LogP contribution in [0.4, 0.5) is 0 Å². The standard InChI is InChI=1S/C18H22N2O2.ClH/c1-13-7-6-10-16(11-13)22-14(2)18(21)20-12-17(19)15-8-4-3-5-9-15;/h3-11,14,17H,12,19H2,1-2H3,(H,20,21);1H. The van der Waals surface area contributed by atoms with Gasteiger partial charge >= 0.3 is 0 Å². The highest BCUT2D eigenvalue weighted by Crippen LogP contribution is 2.14. The van der Waals surface area contributed by atoms with Gasteiger partial charge < -0.3 is 15.8 Å². The van der Waals surface area contributed by atoms with Gasteiger partial charge in [0.15, 0.2) is 6.10 Å². The van der Waals surface area contributed by atoms with Crippen molar-refractivity contribution in [2.75, 3.05) is 6.54 Å². The average molecular weight is 335 g/mol. The molecule has 0 bridgehead atoms. The lowest BCUT2D eigenvalue weighted by Crippen LogP contribution is -2.39. The van der Waals surface area contributed by atoms with Gasteiger partial charge in [0.25, 0.3) is 5.91 Å². The van der Waals surface area contributed by atoms with Crippen LogP contribution in [0.1, 0.15) is 24.1 Å². The molecular formula is C18H23ClN2O2. The second-order valence-electron chi connectivity index (χ2n) is 5.34. The number of amides is 1. The Morgan fingerprint density at radius 1 is 1.17 bits per heavy atom. The highest BCUT2D eigenvalue weighted by Gasteiger charge is 2.16. The van der Waals surface area contributed by atoms with Crippen molar-refractivity contribution in [3.8, 4) is 5.75 Å². The highest BCUT2D eigenvalue weighted by atomic mass is 35.5. The van der Waals surface area contributed by atoms with E-state index in [-0.39, 0.29) is 24.4 Å². The molecule has 0 saturated carbocycles. The van der Waals surface area contributed by atoms with Gasteiger partial charge in [0.1, 0.15) is 5.75 Å². The van der Waals surface area contributed by atoms with Crippen LogP contribution >= 0.6 is 12.4 Å². The van der Waals surface area contributed by atoms with Crippen molar-refractivity contribution in [2.24, 2.45) is 5.73 Å². The summed E-state index contributed by atoms with van der Waals surface area (Å²) in [4.78, 5) is 12.1. The minimum absolute atomic E-state index is 0. The van der Waals surface area contributed by atoms with Crippen LogP contribution in [-0.2, 0) is 4.79 Å². The molecule has 0 aliphatic heterocycles. The molecule has 2 aromatic carbocycles. The topological polar surface area (TPSA) is 64.3 Å². The first kappa shape index (κ1) is 19.0. The number of hydrogen-bond acceptors (Lipinski definition) is 3. The number of rotatable bonds is 6. The lowest BCUT2D eigenvalue weighted by Gasteiger charge is -2.17. The number of carbonyl (C=O) groups is 1. The van der Waals surface area contributed by atoms with Crippen LogP contribution in [0.25, 0.3) is 0 Å². The molecule has 2 rings (SSSR count). The number of benzene rings is 2. The molecule has 0 spiro atoms. The lowest BCUT2D eigenvalue weighted by molar-refractivity contribution is -0.127. The Hall–Kier alpha value is -2.04. The fraction of sp³-hybridized carbons (Fsp3) is 0.278. The zero-order valence-corrected chi connectivity index (χ0v) is 14.2. The average Bonchev–Trinajstić information content (AvgIpc) is 2.53. The van der Waals surface area contributed by atoms with Crippen molar-refractivity contribution in [1.82, 2.24) is 5.32 Å². The zero-order valence-electron chi connectivity index (χ0n) is 13.4. The SMILES string of the molecule is Cc1cccc(OC(C)C(=O)NCC(N)c2ccccc2)c1.Cl. The summed E-state index contributed by atoms with van der Waals surface area (Å²) in [6, 6.07) is 17.1. The van der Waals surface area contributed by atoms with Crippen LogP contribution in [0.2, 0.25) is 0 Å². The summed E-state index contributed by atoms with van der Waals surface area (Å²) >= 11 is 0. The normalized spacial score (nSPS) is 12.7. The first-order valence-electron chi connectivity index (χ1n) is 7.38. The number of nitrogens with two attached hydrogens (primary N) is 1. The van der Waals surface area contributed by atoms with Crippen molar-refractivity contribution < 1.29 is 9.53 Å². The van der Waals surface area contributed by atoms with Crippen LogP contribution in [0.5, 0.6) is 5.75 Å². The summed E-state index contributed by atoms with van der Waals surface area (Å²) in [6.45, 7) is 4.09. The molecule has 124 valence electrons. The predicted octanol–water partition coefficient (Wildman–Crippen LogP) is 3.00.